The summed E-state index contributed by atoms with van der Waals surface area (Å²) < 4.78 is 2.02. The maximum Gasteiger partial charge on any atom is 0.345 e. The van der Waals surface area contributed by atoms with Gasteiger partial charge in [0, 0.05) is 11.1 Å². The molecule has 1 N–H and O–H groups in total. The molecule has 0 amide bonds. The Hall–Kier alpha value is -1.40. The molecular weight excluding hydrogens is 306 g/mol. The fourth-order valence-electron chi connectivity index (χ4n) is 1.38. The topological polar surface area (TPSA) is 59.3 Å². The summed E-state index contributed by atoms with van der Waals surface area (Å²) >= 11 is 4.34. The molecule has 0 saturated carbocycles. The standard InChI is InChI=1S/C11H8BrNO3S/c12-8-2-1-5-13(10(8)14)6-7-3-4-9(17-7)11(15)16/h1-5H,6H2,(H,15,16). The molecule has 2 aromatic heterocycles. The first-order valence-corrected chi connectivity index (χ1v) is 6.36. The maximum atomic E-state index is 11.7. The van der Waals surface area contributed by atoms with Crippen LogP contribution in [0.25, 0.3) is 0 Å². The number of hydrogen-bond donors (Lipinski definition) is 1. The highest BCUT2D eigenvalue weighted by Gasteiger charge is 2.08. The van der Waals surface area contributed by atoms with Crippen molar-refractivity contribution in [2.24, 2.45) is 0 Å². The number of aromatic nitrogens is 1. The summed E-state index contributed by atoms with van der Waals surface area (Å²) in [6, 6.07) is 6.71. The number of carbonyl (C=O) groups is 1. The molecule has 0 radical (unpaired) electrons. The second-order valence-electron chi connectivity index (χ2n) is 3.36. The van der Waals surface area contributed by atoms with Gasteiger partial charge in [0.15, 0.2) is 0 Å². The quantitative estimate of drug-likeness (QED) is 0.946. The predicted octanol–water partition coefficient (Wildman–Crippen LogP) is 2.42. The molecule has 0 fully saturated rings. The molecule has 88 valence electrons. The average molecular weight is 314 g/mol. The Kier molecular flexibility index (Phi) is 3.44. The van der Waals surface area contributed by atoms with Crippen molar-refractivity contribution in [1.29, 1.82) is 0 Å². The molecule has 6 heteroatoms. The van der Waals surface area contributed by atoms with Crippen LogP contribution in [0.15, 0.2) is 39.7 Å². The molecule has 0 atom stereocenters. The third-order valence-electron chi connectivity index (χ3n) is 2.17. The number of carboxylic acid groups (broad SMARTS) is 1. The number of pyridine rings is 1. The monoisotopic (exact) mass is 313 g/mol. The van der Waals surface area contributed by atoms with E-state index >= 15 is 0 Å². The van der Waals surface area contributed by atoms with Crippen molar-refractivity contribution in [3.63, 3.8) is 0 Å². The van der Waals surface area contributed by atoms with E-state index in [-0.39, 0.29) is 10.4 Å². The zero-order valence-electron chi connectivity index (χ0n) is 8.59. The number of aromatic carboxylic acids is 1. The van der Waals surface area contributed by atoms with Crippen LogP contribution in [-0.4, -0.2) is 15.6 Å². The fraction of sp³-hybridized carbons (Fsp3) is 0.0909. The summed E-state index contributed by atoms with van der Waals surface area (Å²) in [6.45, 7) is 0.385. The Morgan fingerprint density at radius 2 is 2.18 bits per heavy atom. The molecule has 0 aromatic carbocycles. The van der Waals surface area contributed by atoms with Gasteiger partial charge in [0.25, 0.3) is 5.56 Å². The van der Waals surface area contributed by atoms with Crippen LogP contribution in [0.4, 0.5) is 0 Å². The minimum atomic E-state index is -0.942. The van der Waals surface area contributed by atoms with Gasteiger partial charge in [-0.3, -0.25) is 4.79 Å². The van der Waals surface area contributed by atoms with Gasteiger partial charge in [-0.25, -0.2) is 4.79 Å². The number of nitrogens with zero attached hydrogens (tertiary/aromatic N) is 1. The first-order valence-electron chi connectivity index (χ1n) is 4.75. The van der Waals surface area contributed by atoms with Crippen molar-refractivity contribution in [3.8, 4) is 0 Å². The molecular formula is C11H8BrNO3S. The number of rotatable bonds is 3. The molecule has 0 saturated heterocycles. The number of carboxylic acids is 1. The number of halogens is 1. The van der Waals surface area contributed by atoms with Crippen LogP contribution >= 0.6 is 27.3 Å². The summed E-state index contributed by atoms with van der Waals surface area (Å²) in [5.41, 5.74) is -0.127. The van der Waals surface area contributed by atoms with E-state index in [1.807, 2.05) is 0 Å². The van der Waals surface area contributed by atoms with Gasteiger partial charge < -0.3 is 9.67 Å². The normalized spacial score (nSPS) is 10.4. The van der Waals surface area contributed by atoms with Crippen LogP contribution in [0.1, 0.15) is 14.5 Å². The van der Waals surface area contributed by atoms with E-state index in [2.05, 4.69) is 15.9 Å². The molecule has 0 aliphatic carbocycles. The van der Waals surface area contributed by atoms with Gasteiger partial charge in [-0.15, -0.1) is 11.3 Å². The van der Waals surface area contributed by atoms with E-state index in [1.165, 1.54) is 15.9 Å². The molecule has 17 heavy (non-hydrogen) atoms. The summed E-state index contributed by atoms with van der Waals surface area (Å²) in [7, 11) is 0. The molecule has 4 nitrogen and oxygen atoms in total. The largest absolute Gasteiger partial charge is 0.477 e. The molecule has 2 rings (SSSR count). The summed E-state index contributed by atoms with van der Waals surface area (Å²) in [5, 5.41) is 8.80. The molecule has 2 aromatic rings. The van der Waals surface area contributed by atoms with Gasteiger partial charge in [0.1, 0.15) is 4.88 Å². The molecule has 0 bridgehead atoms. The summed E-state index contributed by atoms with van der Waals surface area (Å²) in [5.74, 6) is -0.942. The van der Waals surface area contributed by atoms with E-state index < -0.39 is 5.97 Å². The Balaban J connectivity index is 2.28. The zero-order valence-corrected chi connectivity index (χ0v) is 11.0. The third-order valence-corrected chi connectivity index (χ3v) is 3.83. The van der Waals surface area contributed by atoms with Gasteiger partial charge in [0.2, 0.25) is 0 Å². The zero-order chi connectivity index (χ0) is 12.4. The van der Waals surface area contributed by atoms with Gasteiger partial charge in [-0.2, -0.15) is 0 Å². The maximum absolute atomic E-state index is 11.7. The first kappa shape index (κ1) is 12.1. The van der Waals surface area contributed by atoms with Crippen LogP contribution in [0.3, 0.4) is 0 Å². The van der Waals surface area contributed by atoms with Gasteiger partial charge >= 0.3 is 5.97 Å². The number of thiophene rings is 1. The minimum absolute atomic E-state index is 0.127. The van der Waals surface area contributed by atoms with Crippen molar-refractivity contribution in [1.82, 2.24) is 4.57 Å². The minimum Gasteiger partial charge on any atom is -0.477 e. The van der Waals surface area contributed by atoms with E-state index in [9.17, 15) is 9.59 Å². The highest BCUT2D eigenvalue weighted by molar-refractivity contribution is 9.10. The summed E-state index contributed by atoms with van der Waals surface area (Å²) in [6.07, 6.45) is 1.67. The molecule has 0 aliphatic rings. The van der Waals surface area contributed by atoms with Crippen LogP contribution in [0.5, 0.6) is 0 Å². The fourth-order valence-corrected chi connectivity index (χ4v) is 2.60. The summed E-state index contributed by atoms with van der Waals surface area (Å²) in [4.78, 5) is 23.6. The van der Waals surface area contributed by atoms with Crippen molar-refractivity contribution in [2.45, 2.75) is 6.54 Å². The second-order valence-corrected chi connectivity index (χ2v) is 5.38. The smallest absolute Gasteiger partial charge is 0.345 e. The lowest BCUT2D eigenvalue weighted by Crippen LogP contribution is -2.19. The van der Waals surface area contributed by atoms with Crippen LogP contribution in [0.2, 0.25) is 0 Å². The first-order chi connectivity index (χ1) is 8.08. The Morgan fingerprint density at radius 1 is 1.41 bits per heavy atom. The van der Waals surface area contributed by atoms with E-state index in [0.29, 0.717) is 11.0 Å². The van der Waals surface area contributed by atoms with E-state index in [4.69, 9.17) is 5.11 Å². The molecule has 0 spiro atoms. The Labute approximate surface area is 109 Å². The molecule has 0 aliphatic heterocycles. The van der Waals surface area contributed by atoms with Crippen molar-refractivity contribution in [2.75, 3.05) is 0 Å². The lowest BCUT2D eigenvalue weighted by Gasteiger charge is -2.03. The number of hydrogen-bond acceptors (Lipinski definition) is 3. The van der Waals surface area contributed by atoms with Crippen LogP contribution < -0.4 is 5.56 Å². The molecule has 2 heterocycles. The van der Waals surface area contributed by atoms with Gasteiger partial charge in [-0.05, 0) is 40.2 Å². The van der Waals surface area contributed by atoms with Crippen molar-refractivity contribution < 1.29 is 9.90 Å². The van der Waals surface area contributed by atoms with Gasteiger partial charge in [0.05, 0.1) is 11.0 Å². The third kappa shape index (κ3) is 2.65. The van der Waals surface area contributed by atoms with Crippen LogP contribution in [0, 0.1) is 0 Å². The Morgan fingerprint density at radius 3 is 2.82 bits per heavy atom. The highest BCUT2D eigenvalue weighted by atomic mass is 79.9. The Bertz CT molecular complexity index is 617. The van der Waals surface area contributed by atoms with Crippen molar-refractivity contribution in [3.05, 3.63) is 55.0 Å². The molecule has 0 unspecified atom stereocenters. The lowest BCUT2D eigenvalue weighted by molar-refractivity contribution is 0.0702. The van der Waals surface area contributed by atoms with E-state index in [1.54, 1.807) is 30.5 Å². The second kappa shape index (κ2) is 4.85. The predicted molar refractivity (Wildman–Crippen MR) is 68.8 cm³/mol. The van der Waals surface area contributed by atoms with Gasteiger partial charge in [-0.1, -0.05) is 0 Å². The highest BCUT2D eigenvalue weighted by Crippen LogP contribution is 2.17. The van der Waals surface area contributed by atoms with E-state index in [0.717, 1.165) is 4.88 Å². The SMILES string of the molecule is O=C(O)c1ccc(Cn2cccc(Br)c2=O)s1. The van der Waals surface area contributed by atoms with Crippen LogP contribution in [-0.2, 0) is 6.54 Å². The van der Waals surface area contributed by atoms with Crippen molar-refractivity contribution >= 4 is 33.2 Å². The average Bonchev–Trinajstić information content (AvgIpc) is 2.73. The lowest BCUT2D eigenvalue weighted by atomic mass is 10.4.